The molecule has 0 aliphatic heterocycles. The number of rotatable bonds is 5. The van der Waals surface area contributed by atoms with Gasteiger partial charge in [0.05, 0.1) is 10.7 Å². The molecule has 0 unspecified atom stereocenters. The van der Waals surface area contributed by atoms with Gasteiger partial charge >= 0.3 is 0 Å². The van der Waals surface area contributed by atoms with Gasteiger partial charge in [0.25, 0.3) is 5.91 Å². The van der Waals surface area contributed by atoms with Crippen LogP contribution in [0.25, 0.3) is 10.8 Å². The number of fused-ring (bicyclic) bond motifs is 1. The summed E-state index contributed by atoms with van der Waals surface area (Å²) in [5, 5.41) is 6.09. The third-order valence-corrected chi connectivity index (χ3v) is 5.08. The second kappa shape index (κ2) is 7.59. The van der Waals surface area contributed by atoms with Crippen molar-refractivity contribution in [2.75, 3.05) is 6.61 Å². The Bertz CT molecular complexity index is 905. The van der Waals surface area contributed by atoms with Gasteiger partial charge in [-0.2, -0.15) is 5.10 Å². The van der Waals surface area contributed by atoms with Crippen LogP contribution in [0.4, 0.5) is 0 Å². The number of carbonyl (C=O) groups is 1. The standard InChI is InChI=1S/C18H15BrN2O2S/c1-12-6-8-14(24-12)10-20-21-17(22)11-23-16-9-7-13-4-2-3-5-15(13)18(16)19/h2-10H,11H2,1H3,(H,21,22)/b20-10+. The van der Waals surface area contributed by atoms with Gasteiger partial charge in [0, 0.05) is 9.75 Å². The highest BCUT2D eigenvalue weighted by Crippen LogP contribution is 2.32. The molecule has 0 saturated carbocycles. The first kappa shape index (κ1) is 16.7. The average molecular weight is 403 g/mol. The molecule has 1 N–H and O–H groups in total. The van der Waals surface area contributed by atoms with E-state index in [0.29, 0.717) is 5.75 Å². The Labute approximate surface area is 152 Å². The summed E-state index contributed by atoms with van der Waals surface area (Å²) in [6.45, 7) is 1.92. The van der Waals surface area contributed by atoms with E-state index >= 15 is 0 Å². The highest BCUT2D eigenvalue weighted by atomic mass is 79.9. The topological polar surface area (TPSA) is 50.7 Å². The lowest BCUT2D eigenvalue weighted by Crippen LogP contribution is -2.24. The molecule has 0 aliphatic rings. The Hall–Kier alpha value is -2.18. The van der Waals surface area contributed by atoms with Crippen LogP contribution in [0, 0.1) is 6.92 Å². The highest BCUT2D eigenvalue weighted by Gasteiger charge is 2.08. The second-order valence-corrected chi connectivity index (χ2v) is 7.24. The maximum atomic E-state index is 11.8. The van der Waals surface area contributed by atoms with E-state index < -0.39 is 0 Å². The zero-order valence-electron chi connectivity index (χ0n) is 13.0. The Kier molecular flexibility index (Phi) is 5.27. The van der Waals surface area contributed by atoms with Crippen molar-refractivity contribution in [2.45, 2.75) is 6.92 Å². The molecule has 0 aliphatic carbocycles. The van der Waals surface area contributed by atoms with Crippen molar-refractivity contribution in [3.63, 3.8) is 0 Å². The Morgan fingerprint density at radius 1 is 1.25 bits per heavy atom. The number of hydrogen-bond acceptors (Lipinski definition) is 4. The molecule has 2 aromatic carbocycles. The van der Waals surface area contributed by atoms with Crippen molar-refractivity contribution in [2.24, 2.45) is 5.10 Å². The second-order valence-electron chi connectivity index (χ2n) is 5.13. The fourth-order valence-corrected chi connectivity index (χ4v) is 3.55. The summed E-state index contributed by atoms with van der Waals surface area (Å²) >= 11 is 5.15. The molecule has 0 bridgehead atoms. The molecule has 3 aromatic rings. The molecule has 0 saturated heterocycles. The number of aryl methyl sites for hydroxylation is 1. The third kappa shape index (κ3) is 4.01. The van der Waals surface area contributed by atoms with Crippen LogP contribution in [0.15, 0.2) is 58.1 Å². The minimum atomic E-state index is -0.306. The van der Waals surface area contributed by atoms with E-state index in [1.165, 1.54) is 4.88 Å². The van der Waals surface area contributed by atoms with E-state index in [4.69, 9.17) is 4.74 Å². The molecule has 1 amide bonds. The molecule has 122 valence electrons. The van der Waals surface area contributed by atoms with Gasteiger partial charge in [0.1, 0.15) is 5.75 Å². The molecular weight excluding hydrogens is 388 g/mol. The summed E-state index contributed by atoms with van der Waals surface area (Å²) in [6.07, 6.45) is 1.63. The van der Waals surface area contributed by atoms with Gasteiger partial charge in [-0.1, -0.05) is 30.3 Å². The number of amides is 1. The first-order valence-electron chi connectivity index (χ1n) is 7.32. The van der Waals surface area contributed by atoms with Crippen molar-refractivity contribution in [1.29, 1.82) is 0 Å². The molecule has 0 fully saturated rings. The summed E-state index contributed by atoms with van der Waals surface area (Å²) in [6, 6.07) is 15.7. The molecule has 0 spiro atoms. The van der Waals surface area contributed by atoms with Gasteiger partial charge in [0.15, 0.2) is 6.61 Å². The minimum Gasteiger partial charge on any atom is -0.483 e. The summed E-state index contributed by atoms with van der Waals surface area (Å²) in [5.41, 5.74) is 2.46. The average Bonchev–Trinajstić information content (AvgIpc) is 3.00. The van der Waals surface area contributed by atoms with Crippen LogP contribution in [0.2, 0.25) is 0 Å². The van der Waals surface area contributed by atoms with Crippen molar-refractivity contribution in [3.05, 3.63) is 62.8 Å². The summed E-state index contributed by atoms with van der Waals surface area (Å²) in [4.78, 5) is 14.0. The lowest BCUT2D eigenvalue weighted by Gasteiger charge is -2.09. The lowest BCUT2D eigenvalue weighted by molar-refractivity contribution is -0.123. The van der Waals surface area contributed by atoms with Crippen molar-refractivity contribution in [1.82, 2.24) is 5.43 Å². The molecule has 6 heteroatoms. The van der Waals surface area contributed by atoms with Gasteiger partial charge in [-0.25, -0.2) is 5.43 Å². The zero-order chi connectivity index (χ0) is 16.9. The number of ether oxygens (including phenoxy) is 1. The number of hydrazone groups is 1. The normalized spacial score (nSPS) is 11.1. The molecule has 1 aromatic heterocycles. The van der Waals surface area contributed by atoms with Gasteiger partial charge in [0.2, 0.25) is 0 Å². The van der Waals surface area contributed by atoms with Crippen LogP contribution in [0.5, 0.6) is 5.75 Å². The molecule has 3 rings (SSSR count). The van der Waals surface area contributed by atoms with Gasteiger partial charge < -0.3 is 4.74 Å². The number of carbonyl (C=O) groups excluding carboxylic acids is 1. The minimum absolute atomic E-state index is 0.0995. The first-order valence-corrected chi connectivity index (χ1v) is 8.93. The van der Waals surface area contributed by atoms with Gasteiger partial charge in [-0.05, 0) is 51.8 Å². The number of hydrogen-bond donors (Lipinski definition) is 1. The fraction of sp³-hybridized carbons (Fsp3) is 0.111. The summed E-state index contributed by atoms with van der Waals surface area (Å²) < 4.78 is 6.42. The van der Waals surface area contributed by atoms with Crippen LogP contribution in [-0.2, 0) is 4.79 Å². The molecular formula is C18H15BrN2O2S. The molecule has 24 heavy (non-hydrogen) atoms. The summed E-state index contributed by atoms with van der Waals surface area (Å²) in [7, 11) is 0. The van der Waals surface area contributed by atoms with Crippen LogP contribution in [0.3, 0.4) is 0 Å². The maximum Gasteiger partial charge on any atom is 0.277 e. The maximum absolute atomic E-state index is 11.8. The van der Waals surface area contributed by atoms with Crippen LogP contribution in [0.1, 0.15) is 9.75 Å². The molecule has 0 atom stereocenters. The monoisotopic (exact) mass is 402 g/mol. The van der Waals surface area contributed by atoms with Crippen LogP contribution >= 0.6 is 27.3 Å². The van der Waals surface area contributed by atoms with Crippen molar-refractivity contribution >= 4 is 50.2 Å². The number of nitrogens with one attached hydrogen (secondary N) is 1. The van der Waals surface area contributed by atoms with Crippen molar-refractivity contribution < 1.29 is 9.53 Å². The Morgan fingerprint density at radius 3 is 2.88 bits per heavy atom. The van der Waals surface area contributed by atoms with E-state index in [1.807, 2.05) is 55.5 Å². The largest absolute Gasteiger partial charge is 0.483 e. The third-order valence-electron chi connectivity index (χ3n) is 3.33. The van der Waals surface area contributed by atoms with E-state index in [1.54, 1.807) is 17.6 Å². The van der Waals surface area contributed by atoms with E-state index in [0.717, 1.165) is 20.1 Å². The van der Waals surface area contributed by atoms with E-state index in [2.05, 4.69) is 26.5 Å². The van der Waals surface area contributed by atoms with Crippen LogP contribution in [-0.4, -0.2) is 18.7 Å². The molecule has 0 radical (unpaired) electrons. The van der Waals surface area contributed by atoms with Gasteiger partial charge in [-0.3, -0.25) is 4.79 Å². The fourth-order valence-electron chi connectivity index (χ4n) is 2.19. The predicted molar refractivity (Wildman–Crippen MR) is 102 cm³/mol. The first-order chi connectivity index (χ1) is 11.6. The summed E-state index contributed by atoms with van der Waals surface area (Å²) in [5.74, 6) is 0.321. The number of benzene rings is 2. The number of nitrogens with zero attached hydrogens (tertiary/aromatic N) is 1. The number of thiophene rings is 1. The van der Waals surface area contributed by atoms with Gasteiger partial charge in [-0.15, -0.1) is 11.3 Å². The quantitative estimate of drug-likeness (QED) is 0.504. The van der Waals surface area contributed by atoms with Crippen molar-refractivity contribution in [3.8, 4) is 5.75 Å². The Balaban J connectivity index is 1.58. The number of halogens is 1. The van der Waals surface area contributed by atoms with E-state index in [-0.39, 0.29) is 12.5 Å². The molecule has 4 nitrogen and oxygen atoms in total. The Morgan fingerprint density at radius 2 is 2.08 bits per heavy atom. The highest BCUT2D eigenvalue weighted by molar-refractivity contribution is 9.10. The van der Waals surface area contributed by atoms with E-state index in [9.17, 15) is 4.79 Å². The molecule has 1 heterocycles. The van der Waals surface area contributed by atoms with Crippen LogP contribution < -0.4 is 10.2 Å². The smallest absolute Gasteiger partial charge is 0.277 e. The SMILES string of the molecule is Cc1ccc(/C=N/NC(=O)COc2ccc3ccccc3c2Br)s1. The predicted octanol–water partition coefficient (Wildman–Crippen LogP) is 4.50. The zero-order valence-corrected chi connectivity index (χ0v) is 15.4. The lowest BCUT2D eigenvalue weighted by atomic mass is 10.1.